The highest BCUT2D eigenvalue weighted by Gasteiger charge is 2.91. The third-order valence-electron chi connectivity index (χ3n) is 16.8. The first-order valence-electron chi connectivity index (χ1n) is 22.7. The maximum atomic E-state index is 14.1. The molecule has 1 unspecified atom stereocenters. The third-order valence-corrected chi connectivity index (χ3v) is 16.8. The van der Waals surface area contributed by atoms with Crippen LogP contribution in [-0.2, 0) is 52.2 Å². The van der Waals surface area contributed by atoms with Crippen LogP contribution in [0.15, 0.2) is 30.3 Å². The van der Waals surface area contributed by atoms with Crippen LogP contribution in [0.25, 0.3) is 0 Å². The molecule has 61 heavy (non-hydrogen) atoms. The fourth-order valence-corrected chi connectivity index (χ4v) is 13.3. The summed E-state index contributed by atoms with van der Waals surface area (Å²) in [5, 5.41) is 21.4. The third kappa shape index (κ3) is 7.13. The van der Waals surface area contributed by atoms with Crippen LogP contribution in [0.3, 0.4) is 0 Å². The Morgan fingerprint density at radius 1 is 0.852 bits per heavy atom. The highest BCUT2D eigenvalue weighted by atomic mass is 16.7. The predicted molar refractivity (Wildman–Crippen MR) is 218 cm³/mol. The van der Waals surface area contributed by atoms with Crippen molar-refractivity contribution in [3.63, 3.8) is 0 Å². The van der Waals surface area contributed by atoms with Crippen LogP contribution < -0.4 is 0 Å². The van der Waals surface area contributed by atoms with E-state index < -0.39 is 96.0 Å². The van der Waals surface area contributed by atoms with Gasteiger partial charge in [-0.2, -0.15) is 0 Å². The minimum atomic E-state index is -1.22. The number of ketones is 1. The number of Topliss-reactive ketones (excluding diaryl/α,β-unsaturated/α-hetero) is 1. The molecule has 7 aliphatic rings. The Morgan fingerprint density at radius 3 is 2.26 bits per heavy atom. The summed E-state index contributed by atoms with van der Waals surface area (Å²) in [6.07, 6.45) is -2.66. The number of esters is 2. The molecule has 4 saturated carbocycles. The van der Waals surface area contributed by atoms with Gasteiger partial charge in [0.1, 0.15) is 53.6 Å². The van der Waals surface area contributed by atoms with Gasteiger partial charge in [-0.05, 0) is 95.6 Å². The summed E-state index contributed by atoms with van der Waals surface area (Å²) in [6, 6.07) is 8.86. The molecule has 340 valence electrons. The number of carbonyl (C=O) groups excluding carboxylic acids is 3. The molecule has 0 aromatic heterocycles. The summed E-state index contributed by atoms with van der Waals surface area (Å²) in [6.45, 7) is 13.4. The Morgan fingerprint density at radius 2 is 1.59 bits per heavy atom. The SMILES string of the molecule is CCC(C)C(=O)O[C@@H]1[C@@H](OC(=O)c2ccccc2)[C@]2(C)[C@H](C(C)=O)CC[C@@]23O[C@]32CC[C@H]3C[C@@H](O[C@H]4C[C@@H](OC)[C@H](O[C@@H]5O[C@H](C)[C@@H](O)[C@@H](OC)[C@H]5O)[C@@H](C)O4)CC[C@]3(C)[C@@H]12. The number of epoxide rings is 1. The summed E-state index contributed by atoms with van der Waals surface area (Å²) in [7, 11) is 3.04. The van der Waals surface area contributed by atoms with Crippen LogP contribution in [0, 0.1) is 34.5 Å². The van der Waals surface area contributed by atoms with Gasteiger partial charge in [0.05, 0.1) is 35.9 Å². The van der Waals surface area contributed by atoms with Gasteiger partial charge in [-0.3, -0.25) is 9.59 Å². The molecule has 1 aromatic rings. The smallest absolute Gasteiger partial charge is 0.338 e. The maximum absolute atomic E-state index is 14.1. The van der Waals surface area contributed by atoms with Crippen molar-refractivity contribution < 1.29 is 67.2 Å². The van der Waals surface area contributed by atoms with E-state index in [0.29, 0.717) is 37.7 Å². The van der Waals surface area contributed by atoms with E-state index in [9.17, 15) is 24.6 Å². The lowest BCUT2D eigenvalue weighted by Gasteiger charge is -2.61. The largest absolute Gasteiger partial charge is 0.458 e. The number of aliphatic hydroxyl groups is 2. The highest BCUT2D eigenvalue weighted by Crippen LogP contribution is 2.81. The first-order valence-corrected chi connectivity index (χ1v) is 22.7. The molecule has 2 N–H and O–H groups in total. The van der Waals surface area contributed by atoms with Crippen LogP contribution in [0.5, 0.6) is 0 Å². The highest BCUT2D eigenvalue weighted by molar-refractivity contribution is 5.89. The number of aliphatic hydroxyl groups excluding tert-OH is 2. The molecule has 14 nitrogen and oxygen atoms in total. The van der Waals surface area contributed by atoms with Crippen molar-refractivity contribution in [2.24, 2.45) is 34.5 Å². The number of benzene rings is 1. The van der Waals surface area contributed by atoms with Gasteiger partial charge in [0.2, 0.25) is 0 Å². The number of rotatable bonds is 12. The van der Waals surface area contributed by atoms with Gasteiger partial charge in [0.25, 0.3) is 0 Å². The minimum Gasteiger partial charge on any atom is -0.458 e. The first kappa shape index (κ1) is 45.1. The quantitative estimate of drug-likeness (QED) is 0.157. The molecular weight excluding hydrogens is 789 g/mol. The van der Waals surface area contributed by atoms with Crippen molar-refractivity contribution in [3.05, 3.63) is 35.9 Å². The predicted octanol–water partition coefficient (Wildman–Crippen LogP) is 5.31. The first-order chi connectivity index (χ1) is 29.0. The number of ether oxygens (including phenoxy) is 9. The van der Waals surface area contributed by atoms with Crippen molar-refractivity contribution in [1.29, 1.82) is 0 Å². The number of hydrogen-bond donors (Lipinski definition) is 2. The van der Waals surface area contributed by atoms with Crippen molar-refractivity contribution in [1.82, 2.24) is 0 Å². The van der Waals surface area contributed by atoms with E-state index in [1.54, 1.807) is 45.2 Å². The van der Waals surface area contributed by atoms with Crippen LogP contribution in [-0.4, -0.2) is 127 Å². The topological polar surface area (TPSA) is 178 Å². The van der Waals surface area contributed by atoms with E-state index in [-0.39, 0.29) is 41.0 Å². The standard InChI is InChI=1S/C47H68O14/c1-10-24(2)41(51)58-38-39-44(6)19-17-30(57-33-23-32(53-8)36(27(5)55-33)59-43-35(50)37(54-9)34(49)26(4)56-43)22-29(44)16-20-46(39)47(61-46)21-18-31(25(3)48)45(47,7)40(38)60-42(52)28-14-12-11-13-15-28/h11-15,24,26-27,29-40,43,49-50H,10,16-23H2,1-9H3/t24?,26-,27-,29+,30+,31+,32-,33+,34-,35-,36-,37-,38+,39-,40-,43+,44+,45+,46+,47-/m1/s1. The number of hydrogen-bond acceptors (Lipinski definition) is 14. The molecule has 7 fully saturated rings. The minimum absolute atomic E-state index is 0.0238. The molecule has 4 aliphatic carbocycles. The van der Waals surface area contributed by atoms with Crippen LogP contribution >= 0.6 is 0 Å². The van der Waals surface area contributed by atoms with E-state index in [2.05, 4.69) is 6.92 Å². The molecule has 0 radical (unpaired) electrons. The number of carbonyl (C=O) groups is 3. The van der Waals surface area contributed by atoms with E-state index in [1.165, 1.54) is 7.11 Å². The van der Waals surface area contributed by atoms with Crippen molar-refractivity contribution in [2.45, 2.75) is 191 Å². The second kappa shape index (κ2) is 16.8. The second-order valence-electron chi connectivity index (χ2n) is 19.7. The second-order valence-corrected chi connectivity index (χ2v) is 19.7. The fraction of sp³-hybridized carbons (Fsp3) is 0.809. The normalized spacial score (nSPS) is 48.1. The monoisotopic (exact) mass is 856 g/mol. The molecule has 3 aliphatic heterocycles. The number of methoxy groups -OCH3 is 2. The van der Waals surface area contributed by atoms with Gasteiger partial charge in [-0.15, -0.1) is 0 Å². The van der Waals surface area contributed by atoms with Crippen molar-refractivity contribution >= 4 is 17.7 Å². The zero-order chi connectivity index (χ0) is 43.8. The fourth-order valence-electron chi connectivity index (χ4n) is 13.3. The van der Waals surface area contributed by atoms with Crippen LogP contribution in [0.2, 0.25) is 0 Å². The molecular formula is C47H68O14. The summed E-state index contributed by atoms with van der Waals surface area (Å²) in [5.74, 6) is -1.76. The molecule has 8 rings (SSSR count). The lowest BCUT2D eigenvalue weighted by Crippen LogP contribution is -2.71. The molecule has 14 heteroatoms. The summed E-state index contributed by atoms with van der Waals surface area (Å²) >= 11 is 0. The molecule has 0 amide bonds. The molecule has 2 spiro atoms. The van der Waals surface area contributed by atoms with Crippen LogP contribution in [0.1, 0.15) is 117 Å². The van der Waals surface area contributed by atoms with Gasteiger partial charge < -0.3 is 52.8 Å². The zero-order valence-electron chi connectivity index (χ0n) is 37.3. The van der Waals surface area contributed by atoms with Gasteiger partial charge in [-0.1, -0.05) is 45.9 Å². The molecule has 3 heterocycles. The average molecular weight is 857 g/mol. The van der Waals surface area contributed by atoms with E-state index in [4.69, 9.17) is 42.6 Å². The Bertz CT molecular complexity index is 1780. The Balaban J connectivity index is 1.04. The molecule has 1 aromatic carbocycles. The zero-order valence-corrected chi connectivity index (χ0v) is 37.3. The maximum Gasteiger partial charge on any atom is 0.338 e. The average Bonchev–Trinajstić information content (AvgIpc) is 3.79. The van der Waals surface area contributed by atoms with Crippen LogP contribution in [0.4, 0.5) is 0 Å². The van der Waals surface area contributed by atoms with Crippen molar-refractivity contribution in [3.8, 4) is 0 Å². The van der Waals surface area contributed by atoms with E-state index in [0.717, 1.165) is 25.7 Å². The molecule has 20 atom stereocenters. The van der Waals surface area contributed by atoms with Gasteiger partial charge >= 0.3 is 11.9 Å². The van der Waals surface area contributed by atoms with Gasteiger partial charge in [-0.25, -0.2) is 4.79 Å². The summed E-state index contributed by atoms with van der Waals surface area (Å²) < 4.78 is 57.3. The van der Waals surface area contributed by atoms with E-state index in [1.807, 2.05) is 33.8 Å². The Labute approximate surface area is 359 Å². The van der Waals surface area contributed by atoms with Crippen molar-refractivity contribution in [2.75, 3.05) is 14.2 Å². The molecule has 3 saturated heterocycles. The lowest BCUT2D eigenvalue weighted by atomic mass is 9.43. The molecule has 0 bridgehead atoms. The van der Waals surface area contributed by atoms with E-state index >= 15 is 0 Å². The Kier molecular flexibility index (Phi) is 12.4. The Hall–Kier alpha value is -2.53. The lowest BCUT2D eigenvalue weighted by molar-refractivity contribution is -0.343. The van der Waals surface area contributed by atoms with Gasteiger partial charge in [0.15, 0.2) is 12.6 Å². The van der Waals surface area contributed by atoms with Gasteiger partial charge in [0, 0.05) is 37.9 Å². The summed E-state index contributed by atoms with van der Waals surface area (Å²) in [4.78, 5) is 41.7. The number of fused-ring (bicyclic) bond motifs is 2. The summed E-state index contributed by atoms with van der Waals surface area (Å²) in [5.41, 5.74) is -2.24.